The van der Waals surface area contributed by atoms with Crippen LogP contribution < -0.4 is 11.3 Å². The molecule has 0 spiro atoms. The molecule has 1 aromatic heterocycles. The maximum atomic E-state index is 12.3. The van der Waals surface area contributed by atoms with Crippen molar-refractivity contribution in [2.75, 3.05) is 5.73 Å². The molecule has 3 rings (SSSR count). The van der Waals surface area contributed by atoms with Crippen LogP contribution in [0.2, 0.25) is 0 Å². The first-order valence-corrected chi connectivity index (χ1v) is 6.40. The summed E-state index contributed by atoms with van der Waals surface area (Å²) in [5.74, 6) is 0.475. The summed E-state index contributed by atoms with van der Waals surface area (Å²) in [7, 11) is 0. The summed E-state index contributed by atoms with van der Waals surface area (Å²) < 4.78 is 3.72. The third-order valence-electron chi connectivity index (χ3n) is 3.48. The van der Waals surface area contributed by atoms with E-state index < -0.39 is 0 Å². The molecule has 0 radical (unpaired) electrons. The topological polar surface area (TPSA) is 52.9 Å². The molecule has 4 heteroatoms. The Morgan fingerprint density at radius 3 is 2.50 bits per heavy atom. The standard InChI is InChI=1S/C14H17N3O/c1-2-16-13(10-8-9-10)12(15)14(18)17(16)11-6-4-3-5-7-11/h3-7,10H,2,8-9,15H2,1H3. The molecule has 1 aliphatic rings. The van der Waals surface area contributed by atoms with E-state index >= 15 is 0 Å². The number of hydrogen-bond donors (Lipinski definition) is 1. The lowest BCUT2D eigenvalue weighted by Crippen LogP contribution is -2.21. The lowest BCUT2D eigenvalue weighted by molar-refractivity contribution is 0.549. The maximum absolute atomic E-state index is 12.3. The number of nitrogen functional groups attached to an aromatic ring is 1. The summed E-state index contributed by atoms with van der Waals surface area (Å²) in [6.07, 6.45) is 2.28. The fourth-order valence-corrected chi connectivity index (χ4v) is 2.51. The highest BCUT2D eigenvalue weighted by Crippen LogP contribution is 2.42. The summed E-state index contributed by atoms with van der Waals surface area (Å²) in [4.78, 5) is 12.3. The second-order valence-electron chi connectivity index (χ2n) is 4.74. The van der Waals surface area contributed by atoms with Gasteiger partial charge in [-0.15, -0.1) is 0 Å². The number of nitrogens with zero attached hydrogens (tertiary/aromatic N) is 2. The SMILES string of the molecule is CCn1c(C2CC2)c(N)c(=O)n1-c1ccccc1. The molecule has 0 aliphatic heterocycles. The molecule has 18 heavy (non-hydrogen) atoms. The van der Waals surface area contributed by atoms with Gasteiger partial charge in [-0.1, -0.05) is 18.2 Å². The Morgan fingerprint density at radius 2 is 1.94 bits per heavy atom. The molecule has 1 fully saturated rings. The first kappa shape index (κ1) is 11.1. The monoisotopic (exact) mass is 243 g/mol. The Bertz CT molecular complexity index is 620. The Kier molecular flexibility index (Phi) is 2.51. The molecule has 1 saturated carbocycles. The second-order valence-corrected chi connectivity index (χ2v) is 4.74. The van der Waals surface area contributed by atoms with Crippen molar-refractivity contribution >= 4 is 5.69 Å². The molecule has 4 nitrogen and oxygen atoms in total. The lowest BCUT2D eigenvalue weighted by Gasteiger charge is -2.12. The second kappa shape index (κ2) is 4.05. The van der Waals surface area contributed by atoms with Crippen molar-refractivity contribution in [2.45, 2.75) is 32.2 Å². The van der Waals surface area contributed by atoms with Crippen LogP contribution in [0.4, 0.5) is 5.69 Å². The van der Waals surface area contributed by atoms with Crippen molar-refractivity contribution in [3.05, 3.63) is 46.4 Å². The molecule has 1 heterocycles. The van der Waals surface area contributed by atoms with E-state index in [-0.39, 0.29) is 5.56 Å². The summed E-state index contributed by atoms with van der Waals surface area (Å²) in [6, 6.07) is 9.68. The summed E-state index contributed by atoms with van der Waals surface area (Å²) in [5, 5.41) is 0. The van der Waals surface area contributed by atoms with E-state index in [0.29, 0.717) is 11.6 Å². The highest BCUT2D eigenvalue weighted by Gasteiger charge is 2.32. The van der Waals surface area contributed by atoms with Crippen molar-refractivity contribution in [1.29, 1.82) is 0 Å². The maximum Gasteiger partial charge on any atom is 0.294 e. The Morgan fingerprint density at radius 1 is 1.28 bits per heavy atom. The van der Waals surface area contributed by atoms with Crippen molar-refractivity contribution < 1.29 is 0 Å². The highest BCUT2D eigenvalue weighted by atomic mass is 16.1. The van der Waals surface area contributed by atoms with E-state index in [0.717, 1.165) is 30.8 Å². The Balaban J connectivity index is 2.26. The zero-order valence-corrected chi connectivity index (χ0v) is 10.5. The zero-order valence-electron chi connectivity index (χ0n) is 10.5. The van der Waals surface area contributed by atoms with Gasteiger partial charge in [-0.3, -0.25) is 9.48 Å². The molecule has 1 aromatic carbocycles. The van der Waals surface area contributed by atoms with Gasteiger partial charge in [-0.25, -0.2) is 4.68 Å². The van der Waals surface area contributed by atoms with Gasteiger partial charge in [0.1, 0.15) is 5.69 Å². The summed E-state index contributed by atoms with van der Waals surface area (Å²) in [5.41, 5.74) is 8.23. The lowest BCUT2D eigenvalue weighted by atomic mass is 10.2. The largest absolute Gasteiger partial charge is 0.393 e. The minimum Gasteiger partial charge on any atom is -0.393 e. The number of anilines is 1. The van der Waals surface area contributed by atoms with Crippen LogP contribution in [0.3, 0.4) is 0 Å². The van der Waals surface area contributed by atoms with E-state index in [4.69, 9.17) is 5.73 Å². The first-order chi connectivity index (χ1) is 8.74. The molecule has 0 saturated heterocycles. The van der Waals surface area contributed by atoms with Gasteiger partial charge < -0.3 is 5.73 Å². The van der Waals surface area contributed by atoms with Crippen LogP contribution in [-0.4, -0.2) is 9.36 Å². The normalized spacial score (nSPS) is 14.9. The van der Waals surface area contributed by atoms with Gasteiger partial charge in [-0.2, -0.15) is 0 Å². The number of nitrogens with two attached hydrogens (primary N) is 1. The van der Waals surface area contributed by atoms with Crippen molar-refractivity contribution in [2.24, 2.45) is 0 Å². The van der Waals surface area contributed by atoms with Gasteiger partial charge >= 0.3 is 0 Å². The van der Waals surface area contributed by atoms with E-state index in [1.54, 1.807) is 4.68 Å². The van der Waals surface area contributed by atoms with E-state index in [1.165, 1.54) is 0 Å². The molecular formula is C14H17N3O. The molecule has 2 aromatic rings. The van der Waals surface area contributed by atoms with Gasteiger partial charge in [0.25, 0.3) is 5.56 Å². The molecule has 1 aliphatic carbocycles. The summed E-state index contributed by atoms with van der Waals surface area (Å²) >= 11 is 0. The quantitative estimate of drug-likeness (QED) is 0.897. The number of aromatic nitrogens is 2. The van der Waals surface area contributed by atoms with Crippen molar-refractivity contribution in [1.82, 2.24) is 9.36 Å². The number of rotatable bonds is 3. The van der Waals surface area contributed by atoms with Gasteiger partial charge in [0.15, 0.2) is 0 Å². The van der Waals surface area contributed by atoms with Gasteiger partial charge in [0.05, 0.1) is 11.4 Å². The smallest absolute Gasteiger partial charge is 0.294 e. The van der Waals surface area contributed by atoms with Gasteiger partial charge in [0.2, 0.25) is 0 Å². The van der Waals surface area contributed by atoms with Crippen LogP contribution in [0.25, 0.3) is 5.69 Å². The fourth-order valence-electron chi connectivity index (χ4n) is 2.51. The van der Waals surface area contributed by atoms with Crippen molar-refractivity contribution in [3.63, 3.8) is 0 Å². The Hall–Kier alpha value is -1.97. The number of benzene rings is 1. The van der Waals surface area contributed by atoms with Crippen LogP contribution in [0.1, 0.15) is 31.4 Å². The summed E-state index contributed by atoms with van der Waals surface area (Å²) in [6.45, 7) is 2.80. The molecule has 0 bridgehead atoms. The number of para-hydroxylation sites is 1. The average molecular weight is 243 g/mol. The molecular weight excluding hydrogens is 226 g/mol. The predicted octanol–water partition coefficient (Wildman–Crippen LogP) is 2.12. The molecule has 0 atom stereocenters. The first-order valence-electron chi connectivity index (χ1n) is 6.40. The molecule has 0 amide bonds. The van der Waals surface area contributed by atoms with Crippen LogP contribution in [0.15, 0.2) is 35.1 Å². The van der Waals surface area contributed by atoms with Gasteiger partial charge in [0, 0.05) is 12.5 Å². The highest BCUT2D eigenvalue weighted by molar-refractivity contribution is 5.48. The third kappa shape index (κ3) is 1.56. The van der Waals surface area contributed by atoms with Crippen molar-refractivity contribution in [3.8, 4) is 5.69 Å². The van der Waals surface area contributed by atoms with Crippen LogP contribution in [0, 0.1) is 0 Å². The van der Waals surface area contributed by atoms with Crippen LogP contribution >= 0.6 is 0 Å². The minimum absolute atomic E-state index is 0.0926. The molecule has 94 valence electrons. The van der Waals surface area contributed by atoms with Gasteiger partial charge in [-0.05, 0) is 31.9 Å². The third-order valence-corrected chi connectivity index (χ3v) is 3.48. The zero-order chi connectivity index (χ0) is 12.7. The van der Waals surface area contributed by atoms with E-state index in [2.05, 4.69) is 0 Å². The number of hydrogen-bond acceptors (Lipinski definition) is 2. The van der Waals surface area contributed by atoms with E-state index in [1.807, 2.05) is 41.9 Å². The molecule has 2 N–H and O–H groups in total. The molecule has 0 unspecified atom stereocenters. The van der Waals surface area contributed by atoms with Crippen LogP contribution in [-0.2, 0) is 6.54 Å². The average Bonchev–Trinajstić information content (AvgIpc) is 3.19. The van der Waals surface area contributed by atoms with Crippen LogP contribution in [0.5, 0.6) is 0 Å². The Labute approximate surface area is 106 Å². The predicted molar refractivity (Wildman–Crippen MR) is 72.1 cm³/mol. The van der Waals surface area contributed by atoms with E-state index in [9.17, 15) is 4.79 Å². The fraction of sp³-hybridized carbons (Fsp3) is 0.357. The minimum atomic E-state index is -0.0926.